The van der Waals surface area contributed by atoms with Crippen LogP contribution >= 0.6 is 11.6 Å². The lowest BCUT2D eigenvalue weighted by Crippen LogP contribution is -2.10. The van der Waals surface area contributed by atoms with E-state index in [-0.39, 0.29) is 22.8 Å². The van der Waals surface area contributed by atoms with Gasteiger partial charge in [-0.2, -0.15) is 0 Å². The average Bonchev–Trinajstić information content (AvgIpc) is 2.70. The second kappa shape index (κ2) is 8.22. The quantitative estimate of drug-likeness (QED) is 0.621. The van der Waals surface area contributed by atoms with Crippen LogP contribution in [-0.4, -0.2) is 30.6 Å². The molecule has 0 aliphatic carbocycles. The van der Waals surface area contributed by atoms with Gasteiger partial charge in [-0.15, -0.1) is 0 Å². The number of anilines is 2. The number of nitrogens with one attached hydrogen (secondary N) is 1. The molecule has 0 saturated heterocycles. The van der Waals surface area contributed by atoms with Gasteiger partial charge in [0.2, 0.25) is 0 Å². The molecule has 0 aliphatic rings. The van der Waals surface area contributed by atoms with Crippen molar-refractivity contribution >= 4 is 45.8 Å². The lowest BCUT2D eigenvalue weighted by Gasteiger charge is -2.15. The molecular weight excluding hydrogens is 387 g/mol. The van der Waals surface area contributed by atoms with Crippen molar-refractivity contribution in [3.63, 3.8) is 0 Å². The van der Waals surface area contributed by atoms with E-state index in [0.717, 1.165) is 0 Å². The van der Waals surface area contributed by atoms with E-state index in [2.05, 4.69) is 10.3 Å². The van der Waals surface area contributed by atoms with Crippen LogP contribution < -0.4 is 5.32 Å². The summed E-state index contributed by atoms with van der Waals surface area (Å²) < 4.78 is 23.3. The first-order valence-electron chi connectivity index (χ1n) is 8.35. The van der Waals surface area contributed by atoms with Crippen molar-refractivity contribution in [1.82, 2.24) is 4.98 Å². The fourth-order valence-electron chi connectivity index (χ4n) is 2.65. The summed E-state index contributed by atoms with van der Waals surface area (Å²) in [6.45, 7) is 1.87. The maximum absolute atomic E-state index is 13.5. The highest BCUT2D eigenvalue weighted by Gasteiger charge is 2.19. The van der Waals surface area contributed by atoms with Gasteiger partial charge < -0.3 is 14.8 Å². The summed E-state index contributed by atoms with van der Waals surface area (Å²) in [5, 5.41) is 3.48. The molecule has 0 aliphatic heterocycles. The molecule has 0 amide bonds. The number of pyridine rings is 1. The highest BCUT2D eigenvalue weighted by molar-refractivity contribution is 6.31. The Labute approximate surface area is 165 Å². The minimum absolute atomic E-state index is 0.0729. The summed E-state index contributed by atoms with van der Waals surface area (Å²) in [6.07, 6.45) is 1.38. The lowest BCUT2D eigenvalue weighted by atomic mass is 10.1. The first kappa shape index (κ1) is 19.6. The SMILES string of the molecule is CCOC(=O)c1cnc2ccc(C(=O)OC)cc2c1Nc1ccc(F)c(Cl)c1. The summed E-state index contributed by atoms with van der Waals surface area (Å²) in [4.78, 5) is 28.6. The second-order valence-electron chi connectivity index (χ2n) is 5.74. The van der Waals surface area contributed by atoms with Crippen LogP contribution in [0.15, 0.2) is 42.6 Å². The van der Waals surface area contributed by atoms with E-state index in [1.165, 1.54) is 31.5 Å². The Morgan fingerprint density at radius 1 is 1.18 bits per heavy atom. The van der Waals surface area contributed by atoms with Crippen molar-refractivity contribution in [2.45, 2.75) is 6.92 Å². The van der Waals surface area contributed by atoms with Crippen molar-refractivity contribution < 1.29 is 23.5 Å². The maximum Gasteiger partial charge on any atom is 0.341 e. The van der Waals surface area contributed by atoms with Crippen molar-refractivity contribution in [2.24, 2.45) is 0 Å². The molecule has 0 saturated carbocycles. The van der Waals surface area contributed by atoms with Crippen LogP contribution in [0.1, 0.15) is 27.6 Å². The number of rotatable bonds is 5. The van der Waals surface area contributed by atoms with Crippen LogP contribution in [0.3, 0.4) is 0 Å². The zero-order chi connectivity index (χ0) is 20.3. The van der Waals surface area contributed by atoms with E-state index in [9.17, 15) is 14.0 Å². The van der Waals surface area contributed by atoms with E-state index in [0.29, 0.717) is 22.3 Å². The van der Waals surface area contributed by atoms with Crippen molar-refractivity contribution in [2.75, 3.05) is 19.0 Å². The number of nitrogens with zero attached hydrogens (tertiary/aromatic N) is 1. The van der Waals surface area contributed by atoms with E-state index in [1.54, 1.807) is 25.1 Å². The van der Waals surface area contributed by atoms with Crippen LogP contribution in [0.5, 0.6) is 0 Å². The monoisotopic (exact) mass is 402 g/mol. The number of aromatic nitrogens is 1. The molecule has 28 heavy (non-hydrogen) atoms. The highest BCUT2D eigenvalue weighted by Crippen LogP contribution is 2.32. The van der Waals surface area contributed by atoms with Gasteiger partial charge in [0.1, 0.15) is 11.4 Å². The minimum Gasteiger partial charge on any atom is -0.465 e. The Morgan fingerprint density at radius 2 is 1.96 bits per heavy atom. The smallest absolute Gasteiger partial charge is 0.341 e. The van der Waals surface area contributed by atoms with E-state index in [1.807, 2.05) is 0 Å². The standard InChI is InChI=1S/C20H16ClFN2O4/c1-3-28-20(26)14-10-23-17-7-4-11(19(25)27-2)8-13(17)18(14)24-12-5-6-16(22)15(21)9-12/h4-10H,3H2,1-2H3,(H,23,24). The topological polar surface area (TPSA) is 77.5 Å². The molecule has 1 N–H and O–H groups in total. The number of hydrogen-bond donors (Lipinski definition) is 1. The number of hydrogen-bond acceptors (Lipinski definition) is 6. The third-order valence-corrected chi connectivity index (χ3v) is 4.26. The van der Waals surface area contributed by atoms with Gasteiger partial charge in [-0.05, 0) is 43.3 Å². The molecular formula is C20H16ClFN2O4. The Bertz CT molecular complexity index is 1070. The molecule has 1 heterocycles. The van der Waals surface area contributed by atoms with E-state index >= 15 is 0 Å². The van der Waals surface area contributed by atoms with Crippen LogP contribution in [0.2, 0.25) is 5.02 Å². The number of carbonyl (C=O) groups excluding carboxylic acids is 2. The van der Waals surface area contributed by atoms with Crippen molar-refractivity contribution in [3.8, 4) is 0 Å². The Balaban J connectivity index is 2.20. The Hall–Kier alpha value is -3.19. The third-order valence-electron chi connectivity index (χ3n) is 3.97. The maximum atomic E-state index is 13.5. The predicted octanol–water partition coefficient (Wildman–Crippen LogP) is 4.73. The third kappa shape index (κ3) is 3.89. The van der Waals surface area contributed by atoms with E-state index < -0.39 is 17.8 Å². The summed E-state index contributed by atoms with van der Waals surface area (Å²) in [7, 11) is 1.28. The zero-order valence-electron chi connectivity index (χ0n) is 15.1. The highest BCUT2D eigenvalue weighted by atomic mass is 35.5. The van der Waals surface area contributed by atoms with Gasteiger partial charge in [0.05, 0.1) is 35.5 Å². The van der Waals surface area contributed by atoms with Gasteiger partial charge in [-0.3, -0.25) is 4.98 Å². The van der Waals surface area contributed by atoms with Crippen LogP contribution in [0.4, 0.5) is 15.8 Å². The summed E-state index contributed by atoms with van der Waals surface area (Å²) in [5.41, 5.74) is 1.80. The second-order valence-corrected chi connectivity index (χ2v) is 6.15. The van der Waals surface area contributed by atoms with Crippen molar-refractivity contribution in [3.05, 3.63) is 64.6 Å². The number of ether oxygens (including phenoxy) is 2. The first-order valence-corrected chi connectivity index (χ1v) is 8.72. The number of carbonyl (C=O) groups is 2. The van der Waals surface area contributed by atoms with E-state index in [4.69, 9.17) is 21.1 Å². The molecule has 2 aromatic carbocycles. The molecule has 6 nitrogen and oxygen atoms in total. The number of benzene rings is 2. The Morgan fingerprint density at radius 3 is 2.64 bits per heavy atom. The largest absolute Gasteiger partial charge is 0.465 e. The molecule has 0 unspecified atom stereocenters. The average molecular weight is 403 g/mol. The van der Waals surface area contributed by atoms with Gasteiger partial charge in [-0.25, -0.2) is 14.0 Å². The number of halogens is 2. The summed E-state index contributed by atoms with van der Waals surface area (Å²) in [6, 6.07) is 8.85. The number of esters is 2. The molecule has 3 rings (SSSR count). The van der Waals surface area contributed by atoms with Gasteiger partial charge in [0.15, 0.2) is 0 Å². The molecule has 144 valence electrons. The van der Waals surface area contributed by atoms with Gasteiger partial charge in [0, 0.05) is 17.3 Å². The number of fused-ring (bicyclic) bond motifs is 1. The molecule has 0 radical (unpaired) electrons. The minimum atomic E-state index is -0.587. The van der Waals surface area contributed by atoms with Gasteiger partial charge >= 0.3 is 11.9 Å². The lowest BCUT2D eigenvalue weighted by molar-refractivity contribution is 0.0526. The fraction of sp³-hybridized carbons (Fsp3) is 0.150. The molecule has 0 fully saturated rings. The summed E-state index contributed by atoms with van der Waals surface area (Å²) >= 11 is 5.86. The molecule has 0 spiro atoms. The number of methoxy groups -OCH3 is 1. The van der Waals surface area contributed by atoms with Crippen molar-refractivity contribution in [1.29, 1.82) is 0 Å². The summed E-state index contributed by atoms with van der Waals surface area (Å²) in [5.74, 6) is -1.68. The van der Waals surface area contributed by atoms with Crippen LogP contribution in [0, 0.1) is 5.82 Å². The fourth-order valence-corrected chi connectivity index (χ4v) is 2.83. The Kier molecular flexibility index (Phi) is 5.75. The van der Waals surface area contributed by atoms with Crippen LogP contribution in [-0.2, 0) is 9.47 Å². The molecule has 8 heteroatoms. The zero-order valence-corrected chi connectivity index (χ0v) is 15.8. The molecule has 3 aromatic rings. The first-order chi connectivity index (χ1) is 13.4. The van der Waals surface area contributed by atoms with Gasteiger partial charge in [-0.1, -0.05) is 11.6 Å². The molecule has 0 bridgehead atoms. The molecule has 0 atom stereocenters. The van der Waals surface area contributed by atoms with Crippen LogP contribution in [0.25, 0.3) is 10.9 Å². The predicted molar refractivity (Wildman–Crippen MR) is 104 cm³/mol. The van der Waals surface area contributed by atoms with Gasteiger partial charge in [0.25, 0.3) is 0 Å². The normalized spacial score (nSPS) is 10.6. The molecule has 1 aromatic heterocycles.